The van der Waals surface area contributed by atoms with Crippen LogP contribution in [0.2, 0.25) is 0 Å². The summed E-state index contributed by atoms with van der Waals surface area (Å²) < 4.78 is 16.7. The molecule has 0 saturated carbocycles. The Kier molecular flexibility index (Phi) is 53.2. The summed E-state index contributed by atoms with van der Waals surface area (Å²) in [7, 11) is 0. The molecule has 0 radical (unpaired) electrons. The zero-order valence-electron chi connectivity index (χ0n) is 50.2. The van der Waals surface area contributed by atoms with Crippen LogP contribution >= 0.6 is 0 Å². The summed E-state index contributed by atoms with van der Waals surface area (Å²) in [5.74, 6) is -0.175. The third-order valence-corrected chi connectivity index (χ3v) is 15.8. The van der Waals surface area contributed by atoms with E-state index in [2.05, 4.69) is 31.3 Å². The van der Waals surface area contributed by atoms with Crippen LogP contribution < -0.4 is 5.32 Å². The number of carbonyl (C=O) groups excluding carboxylic acids is 2. The molecular weight excluding hydrogens is 967 g/mol. The van der Waals surface area contributed by atoms with Crippen molar-refractivity contribution in [3.8, 4) is 0 Å². The largest absolute Gasteiger partial charge is 0.466 e. The number of ether oxygens (including phenoxy) is 3. The van der Waals surface area contributed by atoms with E-state index in [-0.39, 0.29) is 18.5 Å². The van der Waals surface area contributed by atoms with Gasteiger partial charge >= 0.3 is 5.97 Å². The van der Waals surface area contributed by atoms with E-state index in [0.29, 0.717) is 19.4 Å². The highest BCUT2D eigenvalue weighted by Gasteiger charge is 2.44. The maximum Gasteiger partial charge on any atom is 0.305 e. The van der Waals surface area contributed by atoms with Gasteiger partial charge in [-0.2, -0.15) is 0 Å². The highest BCUT2D eigenvalue weighted by atomic mass is 16.7. The van der Waals surface area contributed by atoms with Crippen LogP contribution in [0.15, 0.2) is 24.3 Å². The molecule has 7 atom stereocenters. The Balaban J connectivity index is 1.97. The van der Waals surface area contributed by atoms with Gasteiger partial charge in [0.15, 0.2) is 6.29 Å². The van der Waals surface area contributed by atoms with Crippen LogP contribution in [-0.2, 0) is 23.8 Å². The van der Waals surface area contributed by atoms with Crippen LogP contribution in [0, 0.1) is 0 Å². The van der Waals surface area contributed by atoms with E-state index in [0.717, 1.165) is 57.8 Å². The van der Waals surface area contributed by atoms with E-state index in [1.165, 1.54) is 238 Å². The smallest absolute Gasteiger partial charge is 0.305 e. The van der Waals surface area contributed by atoms with Gasteiger partial charge < -0.3 is 45.1 Å². The van der Waals surface area contributed by atoms with E-state index >= 15 is 0 Å². The molecule has 1 aliphatic heterocycles. The molecule has 1 heterocycles. The first-order chi connectivity index (χ1) is 37.7. The van der Waals surface area contributed by atoms with Crippen molar-refractivity contribution >= 4 is 11.9 Å². The van der Waals surface area contributed by atoms with Crippen molar-refractivity contribution in [2.45, 2.75) is 365 Å². The Morgan fingerprint density at radius 3 is 1.25 bits per heavy atom. The summed E-state index contributed by atoms with van der Waals surface area (Å²) in [4.78, 5) is 25.0. The number of hydrogen-bond donors (Lipinski definition) is 6. The molecule has 11 nitrogen and oxygen atoms in total. The Morgan fingerprint density at radius 1 is 0.468 bits per heavy atom. The molecule has 1 aliphatic rings. The van der Waals surface area contributed by atoms with Crippen LogP contribution in [0.5, 0.6) is 0 Å². The van der Waals surface area contributed by atoms with Gasteiger partial charge in [-0.25, -0.2) is 0 Å². The van der Waals surface area contributed by atoms with Crippen LogP contribution in [-0.4, -0.2) is 100 Å². The monoisotopic (exact) mass is 1090 g/mol. The number of nitrogens with one attached hydrogen (secondary N) is 1. The molecule has 0 aromatic rings. The Bertz CT molecular complexity index is 1330. The quantitative estimate of drug-likeness (QED) is 0.0195. The minimum Gasteiger partial charge on any atom is -0.466 e. The zero-order chi connectivity index (χ0) is 55.9. The maximum absolute atomic E-state index is 13.0. The summed E-state index contributed by atoms with van der Waals surface area (Å²) in [6.07, 6.45) is 58.8. The molecule has 6 N–H and O–H groups in total. The number of allylic oxidation sites excluding steroid dienone is 3. The Morgan fingerprint density at radius 2 is 0.831 bits per heavy atom. The molecule has 0 aromatic heterocycles. The molecule has 0 aromatic carbocycles. The molecule has 7 unspecified atom stereocenters. The number of hydrogen-bond acceptors (Lipinski definition) is 10. The number of unbranched alkanes of at least 4 members (excludes halogenated alkanes) is 42. The van der Waals surface area contributed by atoms with Gasteiger partial charge in [0.2, 0.25) is 5.91 Å². The normalized spacial score (nSPS) is 18.7. The molecule has 0 aliphatic carbocycles. The standard InChI is InChI=1S/C66H125NO10/c1-3-5-7-9-11-13-33-38-42-46-50-54-62(71)75-55-51-47-43-39-35-32-30-28-26-24-22-20-18-16-15-17-19-21-23-25-27-29-31-34-37-41-45-49-53-61(70)67-58(57-76-66-65(74)64(73)63(72)60(56-68)77-66)59(69)52-48-44-40-36-14-12-10-8-6-4-2/h15-16,48,52,58-60,63-66,68-69,72-74H,3-14,17-47,49-51,53-57H2,1-2H3,(H,67,70)/b16-15-,52-48+. The van der Waals surface area contributed by atoms with E-state index in [1.807, 2.05) is 6.08 Å². The molecule has 0 spiro atoms. The third kappa shape index (κ3) is 45.4. The molecular formula is C66H125NO10. The van der Waals surface area contributed by atoms with Gasteiger partial charge in [0.25, 0.3) is 0 Å². The van der Waals surface area contributed by atoms with Crippen molar-refractivity contribution < 1.29 is 49.3 Å². The Hall–Kier alpha value is -1.86. The minimum absolute atomic E-state index is 0.00665. The third-order valence-electron chi connectivity index (χ3n) is 15.8. The van der Waals surface area contributed by atoms with Crippen LogP contribution in [0.4, 0.5) is 0 Å². The molecule has 0 bridgehead atoms. The fourth-order valence-electron chi connectivity index (χ4n) is 10.5. The van der Waals surface area contributed by atoms with Crippen LogP contribution in [0.1, 0.15) is 322 Å². The van der Waals surface area contributed by atoms with E-state index in [1.54, 1.807) is 6.08 Å². The first-order valence-corrected chi connectivity index (χ1v) is 33.1. The van der Waals surface area contributed by atoms with Crippen LogP contribution in [0.3, 0.4) is 0 Å². The second kappa shape index (κ2) is 56.0. The average molecular weight is 1090 g/mol. The number of rotatable bonds is 58. The highest BCUT2D eigenvalue weighted by Crippen LogP contribution is 2.23. The van der Waals surface area contributed by atoms with Crippen molar-refractivity contribution in [2.24, 2.45) is 0 Å². The lowest BCUT2D eigenvalue weighted by molar-refractivity contribution is -0.302. The summed E-state index contributed by atoms with van der Waals surface area (Å²) in [6, 6.07) is -0.808. The number of amides is 1. The summed E-state index contributed by atoms with van der Waals surface area (Å²) in [5.41, 5.74) is 0. The van der Waals surface area contributed by atoms with Gasteiger partial charge in [-0.15, -0.1) is 0 Å². The highest BCUT2D eigenvalue weighted by molar-refractivity contribution is 5.76. The predicted molar refractivity (Wildman–Crippen MR) is 320 cm³/mol. The molecule has 77 heavy (non-hydrogen) atoms. The van der Waals surface area contributed by atoms with E-state index < -0.39 is 49.5 Å². The SMILES string of the molecule is CCCCCCCCCC/C=C/C(O)C(COC1OC(CO)C(O)C(O)C1O)NC(=O)CCCCCCCCCCCCCC/C=C\CCCCCCCCCCCCCCOC(=O)CCCCCCCCCCCCC. The molecule has 1 saturated heterocycles. The minimum atomic E-state index is -1.57. The summed E-state index contributed by atoms with van der Waals surface area (Å²) >= 11 is 0. The first-order valence-electron chi connectivity index (χ1n) is 33.1. The van der Waals surface area contributed by atoms with Gasteiger partial charge in [0.1, 0.15) is 24.4 Å². The van der Waals surface area contributed by atoms with Gasteiger partial charge in [0, 0.05) is 12.8 Å². The molecule has 1 rings (SSSR count). The van der Waals surface area contributed by atoms with Gasteiger partial charge in [-0.05, 0) is 57.8 Å². The van der Waals surface area contributed by atoms with E-state index in [9.17, 15) is 35.1 Å². The molecule has 454 valence electrons. The second-order valence-electron chi connectivity index (χ2n) is 23.2. The van der Waals surface area contributed by atoms with Crippen LogP contribution in [0.25, 0.3) is 0 Å². The molecule has 1 amide bonds. The van der Waals surface area contributed by atoms with Crippen molar-refractivity contribution in [3.63, 3.8) is 0 Å². The van der Waals surface area contributed by atoms with Gasteiger partial charge in [-0.1, -0.05) is 276 Å². The number of aliphatic hydroxyl groups excluding tert-OH is 5. The lowest BCUT2D eigenvalue weighted by Crippen LogP contribution is -2.60. The topological polar surface area (TPSA) is 175 Å². The average Bonchev–Trinajstić information content (AvgIpc) is 3.43. The lowest BCUT2D eigenvalue weighted by Gasteiger charge is -2.40. The zero-order valence-corrected chi connectivity index (χ0v) is 50.2. The van der Waals surface area contributed by atoms with E-state index in [4.69, 9.17) is 14.2 Å². The number of esters is 1. The first kappa shape index (κ1) is 73.2. The summed E-state index contributed by atoms with van der Waals surface area (Å²) in [5, 5.41) is 54.3. The number of carbonyl (C=O) groups is 2. The van der Waals surface area contributed by atoms with Crippen molar-refractivity contribution in [1.82, 2.24) is 5.32 Å². The predicted octanol–water partition coefficient (Wildman–Crippen LogP) is 16.1. The van der Waals surface area contributed by atoms with Gasteiger partial charge in [0.05, 0.1) is 32.0 Å². The summed E-state index contributed by atoms with van der Waals surface area (Å²) in [6.45, 7) is 4.34. The molecule has 11 heteroatoms. The maximum atomic E-state index is 13.0. The Labute approximate surface area is 473 Å². The molecule has 1 fully saturated rings. The fourth-order valence-corrected chi connectivity index (χ4v) is 10.5. The van der Waals surface area contributed by atoms with Gasteiger partial charge in [-0.3, -0.25) is 9.59 Å². The van der Waals surface area contributed by atoms with Crippen molar-refractivity contribution in [1.29, 1.82) is 0 Å². The number of aliphatic hydroxyl groups is 5. The van der Waals surface area contributed by atoms with Crippen molar-refractivity contribution in [2.75, 3.05) is 19.8 Å². The second-order valence-corrected chi connectivity index (χ2v) is 23.2. The fraction of sp³-hybridized carbons (Fsp3) is 0.909. The lowest BCUT2D eigenvalue weighted by atomic mass is 9.99. The van der Waals surface area contributed by atoms with Crippen molar-refractivity contribution in [3.05, 3.63) is 24.3 Å².